The van der Waals surface area contributed by atoms with E-state index in [4.69, 9.17) is 0 Å². The van der Waals surface area contributed by atoms with Gasteiger partial charge < -0.3 is 10.2 Å². The third-order valence-electron chi connectivity index (χ3n) is 3.58. The van der Waals surface area contributed by atoms with Crippen LogP contribution in [-0.2, 0) is 0 Å². The van der Waals surface area contributed by atoms with Crippen molar-refractivity contribution in [3.8, 4) is 0 Å². The molecule has 6 nitrogen and oxygen atoms in total. The van der Waals surface area contributed by atoms with Gasteiger partial charge in [-0.2, -0.15) is 0 Å². The van der Waals surface area contributed by atoms with Crippen molar-refractivity contribution in [3.05, 3.63) is 38.9 Å². The molecule has 0 bridgehead atoms. The molecule has 6 heteroatoms. The van der Waals surface area contributed by atoms with Gasteiger partial charge in [0, 0.05) is 18.3 Å². The van der Waals surface area contributed by atoms with Crippen LogP contribution in [-0.4, -0.2) is 41.3 Å². The number of H-pyrrole nitrogens is 2. The Balaban J connectivity index is 2.07. The first-order valence-corrected chi connectivity index (χ1v) is 6.34. The normalized spacial score (nSPS) is 19.9. The number of anilines is 1. The van der Waals surface area contributed by atoms with Crippen LogP contribution in [0.4, 0.5) is 5.69 Å². The molecule has 1 atom stereocenters. The van der Waals surface area contributed by atoms with Gasteiger partial charge in [0.05, 0.1) is 10.8 Å². The van der Waals surface area contributed by atoms with E-state index in [1.54, 1.807) is 12.1 Å². The molecule has 0 radical (unpaired) electrons. The number of rotatable bonds is 2. The summed E-state index contributed by atoms with van der Waals surface area (Å²) in [5.74, 6) is 0. The molecule has 0 amide bonds. The van der Waals surface area contributed by atoms with Gasteiger partial charge in [0.15, 0.2) is 0 Å². The summed E-state index contributed by atoms with van der Waals surface area (Å²) in [6.45, 7) is 1.98. The van der Waals surface area contributed by atoms with Crippen LogP contribution < -0.4 is 16.4 Å². The van der Waals surface area contributed by atoms with Gasteiger partial charge in [-0.05, 0) is 32.1 Å². The van der Waals surface area contributed by atoms with Crippen molar-refractivity contribution >= 4 is 16.5 Å². The van der Waals surface area contributed by atoms with Gasteiger partial charge in [-0.1, -0.05) is 6.07 Å². The minimum Gasteiger partial charge on any atom is -0.380 e. The maximum Gasteiger partial charge on any atom is 0.272 e. The molecule has 3 N–H and O–H groups in total. The van der Waals surface area contributed by atoms with E-state index in [2.05, 4.69) is 27.5 Å². The van der Waals surface area contributed by atoms with Gasteiger partial charge in [0.1, 0.15) is 0 Å². The van der Waals surface area contributed by atoms with Crippen LogP contribution >= 0.6 is 0 Å². The first-order valence-electron chi connectivity index (χ1n) is 6.34. The van der Waals surface area contributed by atoms with Gasteiger partial charge in [-0.15, -0.1) is 0 Å². The van der Waals surface area contributed by atoms with Gasteiger partial charge in [-0.3, -0.25) is 19.8 Å². The second-order valence-corrected chi connectivity index (χ2v) is 5.03. The molecular weight excluding hydrogens is 244 g/mol. The number of likely N-dealkylation sites (N-methyl/N-ethyl adjacent to an activating group) is 1. The average molecular weight is 260 g/mol. The lowest BCUT2D eigenvalue weighted by molar-refractivity contribution is 0.414. The number of likely N-dealkylation sites (tertiary alicyclic amines) is 1. The lowest BCUT2D eigenvalue weighted by Crippen LogP contribution is -2.25. The monoisotopic (exact) mass is 260 g/mol. The molecule has 2 heterocycles. The van der Waals surface area contributed by atoms with Crippen molar-refractivity contribution in [2.45, 2.75) is 12.5 Å². The summed E-state index contributed by atoms with van der Waals surface area (Å²) in [6, 6.07) is 5.61. The number of aromatic nitrogens is 2. The van der Waals surface area contributed by atoms with Crippen molar-refractivity contribution in [1.82, 2.24) is 15.1 Å². The molecule has 0 spiro atoms. The smallest absolute Gasteiger partial charge is 0.272 e. The number of aromatic amines is 2. The van der Waals surface area contributed by atoms with E-state index in [9.17, 15) is 9.59 Å². The zero-order valence-corrected chi connectivity index (χ0v) is 10.7. The van der Waals surface area contributed by atoms with Crippen molar-refractivity contribution < 1.29 is 0 Å². The maximum atomic E-state index is 11.9. The van der Waals surface area contributed by atoms with E-state index in [0.717, 1.165) is 25.2 Å². The standard InChI is InChI=1S/C13H16N4O2/c1-17-6-5-8(7-17)14-10-4-2-3-9-11(10)13(19)16-15-12(9)18/h2-4,8,14H,5-7H2,1H3,(H,15,18)(H,16,19). The molecule has 100 valence electrons. The topological polar surface area (TPSA) is 81.0 Å². The highest BCUT2D eigenvalue weighted by Gasteiger charge is 2.20. The molecule has 2 aromatic rings. The molecular formula is C13H16N4O2. The van der Waals surface area contributed by atoms with Gasteiger partial charge in [0.25, 0.3) is 11.1 Å². The van der Waals surface area contributed by atoms with Crippen LogP contribution in [0.3, 0.4) is 0 Å². The fourth-order valence-electron chi connectivity index (χ4n) is 2.62. The SMILES string of the molecule is CN1CCC(Nc2cccc3c(=O)[nH][nH]c(=O)c23)C1. The van der Waals surface area contributed by atoms with Crippen LogP contribution in [0.25, 0.3) is 10.8 Å². The van der Waals surface area contributed by atoms with Gasteiger partial charge in [-0.25, -0.2) is 0 Å². The lowest BCUT2D eigenvalue weighted by Gasteiger charge is -2.15. The molecule has 1 aromatic heterocycles. The molecule has 1 aliphatic heterocycles. The fourth-order valence-corrected chi connectivity index (χ4v) is 2.62. The fraction of sp³-hybridized carbons (Fsp3) is 0.385. The van der Waals surface area contributed by atoms with E-state index < -0.39 is 0 Å². The van der Waals surface area contributed by atoms with Crippen LogP contribution in [0.2, 0.25) is 0 Å². The molecule has 0 saturated carbocycles. The summed E-state index contributed by atoms with van der Waals surface area (Å²) in [6.07, 6.45) is 1.04. The number of nitrogens with one attached hydrogen (secondary N) is 3. The summed E-state index contributed by atoms with van der Waals surface area (Å²) in [5, 5.41) is 8.93. The zero-order valence-electron chi connectivity index (χ0n) is 10.7. The van der Waals surface area contributed by atoms with E-state index in [-0.39, 0.29) is 11.1 Å². The Kier molecular flexibility index (Phi) is 2.87. The lowest BCUT2D eigenvalue weighted by atomic mass is 10.1. The number of hydrogen-bond acceptors (Lipinski definition) is 4. The number of hydrogen-bond donors (Lipinski definition) is 3. The van der Waals surface area contributed by atoms with Crippen molar-refractivity contribution in [2.75, 3.05) is 25.5 Å². The van der Waals surface area contributed by atoms with Crippen LogP contribution in [0.1, 0.15) is 6.42 Å². The van der Waals surface area contributed by atoms with Crippen molar-refractivity contribution in [2.24, 2.45) is 0 Å². The third kappa shape index (κ3) is 2.15. The molecule has 1 aromatic carbocycles. The Morgan fingerprint density at radius 2 is 2.05 bits per heavy atom. The second-order valence-electron chi connectivity index (χ2n) is 5.03. The molecule has 0 aliphatic carbocycles. The minimum absolute atomic E-state index is 0.274. The van der Waals surface area contributed by atoms with E-state index in [0.29, 0.717) is 16.8 Å². The molecule has 3 rings (SSSR count). The molecule has 1 saturated heterocycles. The van der Waals surface area contributed by atoms with Crippen LogP contribution in [0.15, 0.2) is 27.8 Å². The Labute approximate surface area is 109 Å². The summed E-state index contributed by atoms with van der Waals surface area (Å²) < 4.78 is 0. The van der Waals surface area contributed by atoms with Crippen molar-refractivity contribution in [3.63, 3.8) is 0 Å². The first-order chi connectivity index (χ1) is 9.15. The average Bonchev–Trinajstić information content (AvgIpc) is 2.80. The van der Waals surface area contributed by atoms with Gasteiger partial charge >= 0.3 is 0 Å². The number of fused-ring (bicyclic) bond motifs is 1. The number of nitrogens with zero attached hydrogens (tertiary/aromatic N) is 1. The Morgan fingerprint density at radius 3 is 2.79 bits per heavy atom. The Bertz CT molecular complexity index is 718. The predicted octanol–water partition coefficient (Wildman–Crippen LogP) is 0.332. The Hall–Kier alpha value is -2.08. The number of benzene rings is 1. The first kappa shape index (κ1) is 12.0. The largest absolute Gasteiger partial charge is 0.380 e. The summed E-state index contributed by atoms with van der Waals surface area (Å²) >= 11 is 0. The minimum atomic E-state index is -0.276. The second kappa shape index (κ2) is 4.55. The molecule has 19 heavy (non-hydrogen) atoms. The van der Waals surface area contributed by atoms with Crippen LogP contribution in [0.5, 0.6) is 0 Å². The molecule has 1 aliphatic rings. The van der Waals surface area contributed by atoms with Gasteiger partial charge in [0.2, 0.25) is 0 Å². The van der Waals surface area contributed by atoms with Crippen molar-refractivity contribution in [1.29, 1.82) is 0 Å². The summed E-state index contributed by atoms with van der Waals surface area (Å²) in [4.78, 5) is 25.9. The summed E-state index contributed by atoms with van der Waals surface area (Å²) in [5.41, 5.74) is 0.177. The highest BCUT2D eigenvalue weighted by molar-refractivity contribution is 5.92. The third-order valence-corrected chi connectivity index (χ3v) is 3.58. The molecule has 1 fully saturated rings. The predicted molar refractivity (Wildman–Crippen MR) is 74.7 cm³/mol. The summed E-state index contributed by atoms with van der Waals surface area (Å²) in [7, 11) is 2.07. The highest BCUT2D eigenvalue weighted by Crippen LogP contribution is 2.20. The Morgan fingerprint density at radius 1 is 1.26 bits per heavy atom. The highest BCUT2D eigenvalue weighted by atomic mass is 16.1. The van der Waals surface area contributed by atoms with E-state index in [1.807, 2.05) is 6.07 Å². The van der Waals surface area contributed by atoms with Crippen LogP contribution in [0, 0.1) is 0 Å². The maximum absolute atomic E-state index is 11.9. The van der Waals surface area contributed by atoms with E-state index in [1.165, 1.54) is 0 Å². The van der Waals surface area contributed by atoms with E-state index >= 15 is 0 Å². The zero-order chi connectivity index (χ0) is 13.4. The molecule has 1 unspecified atom stereocenters. The quantitative estimate of drug-likeness (QED) is 0.727.